The molecule has 0 saturated carbocycles. The van der Waals surface area contributed by atoms with Gasteiger partial charge in [0.25, 0.3) is 0 Å². The lowest BCUT2D eigenvalue weighted by Gasteiger charge is -1.94. The van der Waals surface area contributed by atoms with Crippen molar-refractivity contribution in [2.75, 3.05) is 0 Å². The van der Waals surface area contributed by atoms with E-state index in [1.807, 2.05) is 6.07 Å². The minimum absolute atomic E-state index is 0.224. The zero-order valence-corrected chi connectivity index (χ0v) is 9.57. The van der Waals surface area contributed by atoms with Gasteiger partial charge in [0.1, 0.15) is 5.75 Å². The number of phenols is 1. The molecule has 0 atom stereocenters. The first-order chi connectivity index (χ1) is 5.66. The van der Waals surface area contributed by atoms with Crippen LogP contribution in [0, 0.1) is 2.88 Å². The maximum absolute atomic E-state index is 9.24. The minimum Gasteiger partial charge on any atom is -0.508 e. The molecule has 0 aliphatic heterocycles. The summed E-state index contributed by atoms with van der Waals surface area (Å²) in [7, 11) is 0. The van der Waals surface area contributed by atoms with E-state index in [0.29, 0.717) is 5.02 Å². The Labute approximate surface area is 92.1 Å². The van der Waals surface area contributed by atoms with Crippen LogP contribution in [-0.4, -0.2) is 5.11 Å². The summed E-state index contributed by atoms with van der Waals surface area (Å²) in [6.45, 7) is 0. The molecule has 1 aromatic heterocycles. The van der Waals surface area contributed by atoms with E-state index < -0.39 is 0 Å². The topological polar surface area (TPSA) is 20.2 Å². The van der Waals surface area contributed by atoms with Crippen LogP contribution in [0.4, 0.5) is 0 Å². The van der Waals surface area contributed by atoms with Gasteiger partial charge in [0.15, 0.2) is 0 Å². The normalized spacial score (nSPS) is 10.8. The number of fused-ring (bicyclic) bond motifs is 1. The van der Waals surface area contributed by atoms with E-state index >= 15 is 0 Å². The molecule has 0 radical (unpaired) electrons. The standard InChI is InChI=1S/C8H4ClIOS/c9-6-3-5(11)1-4-2-7(10)12-8(4)6/h1-3,11H. The van der Waals surface area contributed by atoms with Crippen LogP contribution in [0.25, 0.3) is 10.1 Å². The van der Waals surface area contributed by atoms with Crippen molar-refractivity contribution < 1.29 is 5.11 Å². The summed E-state index contributed by atoms with van der Waals surface area (Å²) in [5.74, 6) is 0.224. The summed E-state index contributed by atoms with van der Waals surface area (Å²) >= 11 is 9.79. The first-order valence-electron chi connectivity index (χ1n) is 3.24. The number of phenolic OH excluding ortho intramolecular Hbond substituents is 1. The molecule has 0 spiro atoms. The molecule has 62 valence electrons. The Morgan fingerprint density at radius 2 is 2.08 bits per heavy atom. The number of hydrogen-bond acceptors (Lipinski definition) is 2. The van der Waals surface area contributed by atoms with E-state index in [1.54, 1.807) is 23.5 Å². The van der Waals surface area contributed by atoms with Crippen molar-refractivity contribution in [2.45, 2.75) is 0 Å². The lowest BCUT2D eigenvalue weighted by molar-refractivity contribution is 0.476. The zero-order valence-electron chi connectivity index (χ0n) is 5.84. The Kier molecular flexibility index (Phi) is 2.18. The van der Waals surface area contributed by atoms with Gasteiger partial charge < -0.3 is 5.11 Å². The molecule has 0 bridgehead atoms. The maximum atomic E-state index is 9.24. The van der Waals surface area contributed by atoms with Crippen molar-refractivity contribution >= 4 is 55.6 Å². The van der Waals surface area contributed by atoms with E-state index in [4.69, 9.17) is 11.6 Å². The van der Waals surface area contributed by atoms with Gasteiger partial charge >= 0.3 is 0 Å². The van der Waals surface area contributed by atoms with Gasteiger partial charge in [-0.1, -0.05) is 11.6 Å². The number of thiophene rings is 1. The Morgan fingerprint density at radius 1 is 1.33 bits per heavy atom. The van der Waals surface area contributed by atoms with Gasteiger partial charge in [-0.3, -0.25) is 0 Å². The zero-order chi connectivity index (χ0) is 8.72. The molecule has 0 aliphatic carbocycles. The molecule has 0 unspecified atom stereocenters. The molecule has 4 heteroatoms. The second kappa shape index (κ2) is 3.05. The van der Waals surface area contributed by atoms with Gasteiger partial charge in [0, 0.05) is 0 Å². The molecule has 12 heavy (non-hydrogen) atoms. The SMILES string of the molecule is Oc1cc(Cl)c2sc(I)cc2c1. The fraction of sp³-hybridized carbons (Fsp3) is 0. The van der Waals surface area contributed by atoms with E-state index in [1.165, 1.54) is 2.88 Å². The van der Waals surface area contributed by atoms with Crippen molar-refractivity contribution in [3.8, 4) is 5.75 Å². The van der Waals surface area contributed by atoms with E-state index in [9.17, 15) is 5.11 Å². The Balaban J connectivity index is 2.88. The van der Waals surface area contributed by atoms with Crippen LogP contribution >= 0.6 is 45.5 Å². The van der Waals surface area contributed by atoms with Crippen LogP contribution in [0.5, 0.6) is 5.75 Å². The molecule has 0 amide bonds. The van der Waals surface area contributed by atoms with Crippen LogP contribution in [0.1, 0.15) is 0 Å². The molecular formula is C8H4ClIOS. The average molecular weight is 311 g/mol. The number of rotatable bonds is 0. The van der Waals surface area contributed by atoms with Crippen molar-refractivity contribution in [3.05, 3.63) is 26.1 Å². The molecule has 1 N–H and O–H groups in total. The van der Waals surface area contributed by atoms with Crippen LogP contribution in [0.3, 0.4) is 0 Å². The molecule has 2 aromatic rings. The summed E-state index contributed by atoms with van der Waals surface area (Å²) in [5.41, 5.74) is 0. The first-order valence-corrected chi connectivity index (χ1v) is 5.52. The first kappa shape index (κ1) is 8.59. The smallest absolute Gasteiger partial charge is 0.117 e. The molecule has 0 aliphatic rings. The van der Waals surface area contributed by atoms with Gasteiger partial charge in [-0.2, -0.15) is 0 Å². The minimum atomic E-state index is 0.224. The van der Waals surface area contributed by atoms with Gasteiger partial charge in [0.05, 0.1) is 12.6 Å². The summed E-state index contributed by atoms with van der Waals surface area (Å²) < 4.78 is 2.22. The van der Waals surface area contributed by atoms with Gasteiger partial charge in [-0.15, -0.1) is 11.3 Å². The van der Waals surface area contributed by atoms with Crippen molar-refractivity contribution in [1.29, 1.82) is 0 Å². The average Bonchev–Trinajstić information content (AvgIpc) is 2.29. The van der Waals surface area contributed by atoms with Crippen molar-refractivity contribution in [3.63, 3.8) is 0 Å². The number of halogens is 2. The van der Waals surface area contributed by atoms with Crippen LogP contribution in [0.15, 0.2) is 18.2 Å². The van der Waals surface area contributed by atoms with Gasteiger partial charge in [-0.05, 0) is 46.2 Å². The molecule has 1 heterocycles. The summed E-state index contributed by atoms with van der Waals surface area (Å²) in [6.07, 6.45) is 0. The molecule has 0 fully saturated rings. The summed E-state index contributed by atoms with van der Waals surface area (Å²) in [5, 5.41) is 10.9. The Bertz CT molecular complexity index is 438. The fourth-order valence-electron chi connectivity index (χ4n) is 1.06. The Morgan fingerprint density at radius 3 is 2.83 bits per heavy atom. The van der Waals surface area contributed by atoms with Crippen LogP contribution in [0.2, 0.25) is 5.02 Å². The highest BCUT2D eigenvalue weighted by molar-refractivity contribution is 14.1. The highest BCUT2D eigenvalue weighted by Gasteiger charge is 2.04. The third-order valence-electron chi connectivity index (χ3n) is 1.53. The summed E-state index contributed by atoms with van der Waals surface area (Å²) in [4.78, 5) is 0. The van der Waals surface area contributed by atoms with Gasteiger partial charge in [0.2, 0.25) is 0 Å². The van der Waals surface area contributed by atoms with Crippen molar-refractivity contribution in [2.24, 2.45) is 0 Å². The number of hydrogen-bond donors (Lipinski definition) is 1. The highest BCUT2D eigenvalue weighted by atomic mass is 127. The monoisotopic (exact) mass is 310 g/mol. The van der Waals surface area contributed by atoms with Crippen molar-refractivity contribution in [1.82, 2.24) is 0 Å². The van der Waals surface area contributed by atoms with Gasteiger partial charge in [-0.25, -0.2) is 0 Å². The van der Waals surface area contributed by atoms with E-state index in [0.717, 1.165) is 10.1 Å². The highest BCUT2D eigenvalue weighted by Crippen LogP contribution is 2.35. The predicted molar refractivity (Wildman–Crippen MR) is 61.2 cm³/mol. The maximum Gasteiger partial charge on any atom is 0.117 e. The molecule has 1 nitrogen and oxygen atoms in total. The second-order valence-electron chi connectivity index (χ2n) is 2.40. The predicted octanol–water partition coefficient (Wildman–Crippen LogP) is 3.86. The van der Waals surface area contributed by atoms with Crippen LogP contribution < -0.4 is 0 Å². The number of aromatic hydroxyl groups is 1. The second-order valence-corrected chi connectivity index (χ2v) is 5.75. The van der Waals surface area contributed by atoms with E-state index in [-0.39, 0.29) is 5.75 Å². The number of benzene rings is 1. The quantitative estimate of drug-likeness (QED) is 0.733. The third kappa shape index (κ3) is 1.41. The lowest BCUT2D eigenvalue weighted by atomic mass is 10.2. The molecule has 1 aromatic carbocycles. The molecular weight excluding hydrogens is 307 g/mol. The third-order valence-corrected chi connectivity index (χ3v) is 3.88. The van der Waals surface area contributed by atoms with Crippen LogP contribution in [-0.2, 0) is 0 Å². The molecule has 0 saturated heterocycles. The van der Waals surface area contributed by atoms with E-state index in [2.05, 4.69) is 22.6 Å². The fourth-order valence-corrected chi connectivity index (χ4v) is 3.17. The lowest BCUT2D eigenvalue weighted by Crippen LogP contribution is -1.66. The molecule has 2 rings (SSSR count). The summed E-state index contributed by atoms with van der Waals surface area (Å²) in [6, 6.07) is 5.29. The Hall–Kier alpha value is -0.000000000000000111. The largest absolute Gasteiger partial charge is 0.508 e.